The lowest BCUT2D eigenvalue weighted by atomic mass is 10.2. The van der Waals surface area contributed by atoms with Crippen LogP contribution in [0.3, 0.4) is 0 Å². The molecule has 0 saturated carbocycles. The van der Waals surface area contributed by atoms with E-state index in [9.17, 15) is 17.4 Å². The van der Waals surface area contributed by atoms with Crippen LogP contribution in [0.15, 0.2) is 29.4 Å². The van der Waals surface area contributed by atoms with Gasteiger partial charge in [-0.1, -0.05) is 58.3 Å². The first kappa shape index (κ1) is 32.1. The molecule has 0 aliphatic heterocycles. The molecular formula is C19H35F3N2OS. The molecule has 0 N–H and O–H groups in total. The average Bonchev–Trinajstić information content (AvgIpc) is 2.56. The second kappa shape index (κ2) is 18.2. The molecule has 0 aliphatic rings. The van der Waals surface area contributed by atoms with E-state index in [2.05, 4.69) is 30.2 Å². The summed E-state index contributed by atoms with van der Waals surface area (Å²) in [5.41, 5.74) is 0.751. The number of rotatable bonds is 4. The molecule has 0 radical (unpaired) electrons. The van der Waals surface area contributed by atoms with Gasteiger partial charge in [-0.2, -0.15) is 18.3 Å². The molecule has 0 heterocycles. The summed E-state index contributed by atoms with van der Waals surface area (Å²) in [4.78, 5) is 0. The molecule has 0 aromatic rings. The van der Waals surface area contributed by atoms with Crippen molar-refractivity contribution in [3.63, 3.8) is 0 Å². The van der Waals surface area contributed by atoms with Gasteiger partial charge in [-0.25, -0.2) is 0 Å². The van der Waals surface area contributed by atoms with E-state index in [1.807, 2.05) is 60.6 Å². The molecule has 0 aromatic carbocycles. The summed E-state index contributed by atoms with van der Waals surface area (Å²) in [6.45, 7) is 19.3. The first-order chi connectivity index (χ1) is 11.9. The van der Waals surface area contributed by atoms with Crippen LogP contribution in [-0.2, 0) is 10.8 Å². The lowest BCUT2D eigenvalue weighted by molar-refractivity contribution is -0.142. The maximum absolute atomic E-state index is 11.4. The summed E-state index contributed by atoms with van der Waals surface area (Å²) < 4.78 is 44.8. The summed E-state index contributed by atoms with van der Waals surface area (Å²) in [5, 5.41) is 3.76. The van der Waals surface area contributed by atoms with Gasteiger partial charge in [0.15, 0.2) is 0 Å². The molecule has 26 heavy (non-hydrogen) atoms. The molecule has 0 rings (SSSR count). The van der Waals surface area contributed by atoms with Gasteiger partial charge < -0.3 is 0 Å². The standard InChI is InChI=1S/C11H16OS.C4H7F3N2.2C2H6/c1-6-7-10(2)8-9-11(3,4)13(5)12;1-8-9(2)3-4(5,6)7;2*1-2/h6-7H,2H2,1,3-5H3;1,3H2,2H3;2*1-2H3/b7-6-;;;. The summed E-state index contributed by atoms with van der Waals surface area (Å²) in [5.74, 6) is 5.82. The van der Waals surface area contributed by atoms with Gasteiger partial charge in [-0.3, -0.25) is 9.22 Å². The summed E-state index contributed by atoms with van der Waals surface area (Å²) in [6.07, 6.45) is 1.19. The average molecular weight is 397 g/mol. The zero-order valence-corrected chi connectivity index (χ0v) is 18.4. The highest BCUT2D eigenvalue weighted by Gasteiger charge is 2.28. The molecule has 7 heteroatoms. The van der Waals surface area contributed by atoms with Crippen molar-refractivity contribution in [2.24, 2.45) is 5.10 Å². The number of halogens is 3. The second-order valence-electron chi connectivity index (χ2n) is 4.81. The molecule has 0 amide bonds. The SMILES string of the molecule is C=C(C#CC(C)(C)S(C)=O)/C=C\C.C=NN(C)CC(F)(F)F.CC.CC. The van der Waals surface area contributed by atoms with Crippen LogP contribution in [0.25, 0.3) is 0 Å². The van der Waals surface area contributed by atoms with E-state index in [1.54, 1.807) is 6.26 Å². The van der Waals surface area contributed by atoms with Gasteiger partial charge >= 0.3 is 6.18 Å². The molecule has 1 unspecified atom stereocenters. The van der Waals surface area contributed by atoms with Gasteiger partial charge in [0.2, 0.25) is 0 Å². The Labute approximate surface area is 160 Å². The summed E-state index contributed by atoms with van der Waals surface area (Å²) in [7, 11) is 0.274. The second-order valence-corrected chi connectivity index (χ2v) is 6.74. The van der Waals surface area contributed by atoms with E-state index in [1.165, 1.54) is 7.05 Å². The van der Waals surface area contributed by atoms with Crippen LogP contribution in [0, 0.1) is 11.8 Å². The Morgan fingerprint density at radius 2 is 1.65 bits per heavy atom. The van der Waals surface area contributed by atoms with Crippen molar-refractivity contribution < 1.29 is 17.4 Å². The van der Waals surface area contributed by atoms with Crippen molar-refractivity contribution in [2.75, 3.05) is 19.8 Å². The Bertz CT molecular complexity index is 487. The molecule has 0 spiro atoms. The molecule has 154 valence electrons. The molecule has 3 nitrogen and oxygen atoms in total. The van der Waals surface area contributed by atoms with Gasteiger partial charge in [-0.15, -0.1) is 0 Å². The highest BCUT2D eigenvalue weighted by atomic mass is 32.2. The Balaban J connectivity index is -0.000000162. The molecule has 0 aromatic heterocycles. The number of alkyl halides is 3. The van der Waals surface area contributed by atoms with E-state index >= 15 is 0 Å². The smallest absolute Gasteiger partial charge is 0.292 e. The van der Waals surface area contributed by atoms with Crippen molar-refractivity contribution in [1.82, 2.24) is 5.01 Å². The zero-order chi connectivity index (χ0) is 22.0. The Morgan fingerprint density at radius 1 is 1.23 bits per heavy atom. The quantitative estimate of drug-likeness (QED) is 0.275. The van der Waals surface area contributed by atoms with Gasteiger partial charge in [0, 0.05) is 36.4 Å². The number of hydrogen-bond acceptors (Lipinski definition) is 3. The molecular weight excluding hydrogens is 361 g/mol. The van der Waals surface area contributed by atoms with Gasteiger partial charge in [0.25, 0.3) is 0 Å². The number of nitrogens with zero attached hydrogens (tertiary/aromatic N) is 2. The Hall–Kier alpha value is -1.55. The Kier molecular flexibility index (Phi) is 22.6. The van der Waals surface area contributed by atoms with Crippen LogP contribution >= 0.6 is 0 Å². The maximum atomic E-state index is 11.4. The fourth-order valence-corrected chi connectivity index (χ4v) is 1.05. The number of allylic oxidation sites excluding steroid dienone is 3. The third kappa shape index (κ3) is 24.7. The van der Waals surface area contributed by atoms with Crippen molar-refractivity contribution in [3.8, 4) is 11.8 Å². The lowest BCUT2D eigenvalue weighted by Crippen LogP contribution is -2.26. The van der Waals surface area contributed by atoms with E-state index in [-0.39, 0.29) is 0 Å². The first-order valence-electron chi connectivity index (χ1n) is 8.28. The van der Waals surface area contributed by atoms with Gasteiger partial charge in [0.05, 0.1) is 0 Å². The molecule has 0 fully saturated rings. The van der Waals surface area contributed by atoms with Crippen LogP contribution in [-0.4, -0.2) is 46.7 Å². The summed E-state index contributed by atoms with van der Waals surface area (Å²) >= 11 is 0. The van der Waals surface area contributed by atoms with Gasteiger partial charge in [-0.05, 0) is 20.8 Å². The largest absolute Gasteiger partial charge is 0.407 e. The van der Waals surface area contributed by atoms with Gasteiger partial charge in [0.1, 0.15) is 11.3 Å². The fraction of sp³-hybridized carbons (Fsp3) is 0.632. The minimum absolute atomic E-state index is 0.454. The topological polar surface area (TPSA) is 32.7 Å². The highest BCUT2D eigenvalue weighted by Crippen LogP contribution is 2.15. The van der Waals surface area contributed by atoms with Crippen LogP contribution in [0.4, 0.5) is 13.2 Å². The lowest BCUT2D eigenvalue weighted by Gasteiger charge is -2.13. The predicted molar refractivity (Wildman–Crippen MR) is 111 cm³/mol. The van der Waals surface area contributed by atoms with E-state index in [0.29, 0.717) is 0 Å². The Morgan fingerprint density at radius 3 is 1.88 bits per heavy atom. The van der Waals surface area contributed by atoms with Crippen LogP contribution in [0.5, 0.6) is 0 Å². The normalized spacial score (nSPS) is 11.1. The van der Waals surface area contributed by atoms with E-state index < -0.39 is 28.3 Å². The summed E-state index contributed by atoms with van der Waals surface area (Å²) in [6, 6.07) is 0. The van der Waals surface area contributed by atoms with Crippen LogP contribution in [0.2, 0.25) is 0 Å². The third-order valence-corrected chi connectivity index (χ3v) is 3.80. The van der Waals surface area contributed by atoms with Crippen molar-refractivity contribution in [2.45, 2.75) is 59.4 Å². The predicted octanol–water partition coefficient (Wildman–Crippen LogP) is 5.43. The first-order valence-corrected chi connectivity index (χ1v) is 9.84. The maximum Gasteiger partial charge on any atom is 0.407 e. The third-order valence-electron chi connectivity index (χ3n) is 2.26. The molecule has 1 atom stereocenters. The fourth-order valence-electron chi connectivity index (χ4n) is 0.855. The van der Waals surface area contributed by atoms with Crippen LogP contribution < -0.4 is 0 Å². The molecule has 0 aliphatic carbocycles. The van der Waals surface area contributed by atoms with Crippen molar-refractivity contribution in [3.05, 3.63) is 24.3 Å². The van der Waals surface area contributed by atoms with Crippen molar-refractivity contribution >= 4 is 17.5 Å². The molecule has 0 saturated heterocycles. The van der Waals surface area contributed by atoms with Crippen LogP contribution in [0.1, 0.15) is 48.5 Å². The molecule has 0 bridgehead atoms. The number of hydrogen-bond donors (Lipinski definition) is 0. The van der Waals surface area contributed by atoms with E-state index in [4.69, 9.17) is 0 Å². The highest BCUT2D eigenvalue weighted by molar-refractivity contribution is 7.85. The van der Waals surface area contributed by atoms with Crippen molar-refractivity contribution in [1.29, 1.82) is 0 Å². The minimum Gasteiger partial charge on any atom is -0.292 e. The van der Waals surface area contributed by atoms with E-state index in [0.717, 1.165) is 10.6 Å². The monoisotopic (exact) mass is 396 g/mol. The zero-order valence-electron chi connectivity index (χ0n) is 17.6. The number of hydrazone groups is 1. The minimum atomic E-state index is -4.18.